The minimum Gasteiger partial charge on any atom is -0.324 e. The van der Waals surface area contributed by atoms with Crippen molar-refractivity contribution in [3.63, 3.8) is 0 Å². The van der Waals surface area contributed by atoms with Gasteiger partial charge in [0, 0.05) is 23.6 Å². The lowest BCUT2D eigenvalue weighted by Crippen LogP contribution is -2.18. The van der Waals surface area contributed by atoms with E-state index in [0.717, 1.165) is 6.29 Å². The SMILES string of the molecule is O=Cc1cccc(NC(=O)Cn2cccn2)c1. The Morgan fingerprint density at radius 3 is 3.00 bits per heavy atom. The Kier molecular flexibility index (Phi) is 3.30. The van der Waals surface area contributed by atoms with E-state index in [-0.39, 0.29) is 12.5 Å². The molecular formula is C12H11N3O2. The van der Waals surface area contributed by atoms with Gasteiger partial charge in [0.1, 0.15) is 12.8 Å². The molecule has 0 saturated carbocycles. The highest BCUT2D eigenvalue weighted by Gasteiger charge is 2.03. The van der Waals surface area contributed by atoms with E-state index in [4.69, 9.17) is 0 Å². The minimum absolute atomic E-state index is 0.151. The second-order valence-corrected chi connectivity index (χ2v) is 3.50. The van der Waals surface area contributed by atoms with Gasteiger partial charge in [-0.2, -0.15) is 5.10 Å². The first-order valence-electron chi connectivity index (χ1n) is 5.10. The second-order valence-electron chi connectivity index (χ2n) is 3.50. The predicted octanol–water partition coefficient (Wildman–Crippen LogP) is 1.33. The van der Waals surface area contributed by atoms with Crippen LogP contribution in [0.1, 0.15) is 10.4 Å². The van der Waals surface area contributed by atoms with E-state index in [2.05, 4.69) is 10.4 Å². The number of hydrogen-bond acceptors (Lipinski definition) is 3. The Bertz CT molecular complexity index is 520. The molecule has 1 heterocycles. The van der Waals surface area contributed by atoms with E-state index in [1.54, 1.807) is 42.7 Å². The van der Waals surface area contributed by atoms with Crippen molar-refractivity contribution in [1.82, 2.24) is 9.78 Å². The van der Waals surface area contributed by atoms with Gasteiger partial charge in [0.15, 0.2) is 0 Å². The monoisotopic (exact) mass is 229 g/mol. The minimum atomic E-state index is -0.184. The predicted molar refractivity (Wildman–Crippen MR) is 62.7 cm³/mol. The molecule has 0 fully saturated rings. The van der Waals surface area contributed by atoms with E-state index in [1.165, 1.54) is 4.68 Å². The molecule has 1 amide bonds. The summed E-state index contributed by atoms with van der Waals surface area (Å²) in [7, 11) is 0. The van der Waals surface area contributed by atoms with Crippen LogP contribution in [0.5, 0.6) is 0 Å². The number of benzene rings is 1. The number of carbonyl (C=O) groups excluding carboxylic acids is 2. The molecule has 1 N–H and O–H groups in total. The third kappa shape index (κ3) is 3.01. The third-order valence-electron chi connectivity index (χ3n) is 2.17. The number of rotatable bonds is 4. The average Bonchev–Trinajstić information content (AvgIpc) is 2.82. The molecule has 1 aromatic carbocycles. The van der Waals surface area contributed by atoms with Gasteiger partial charge in [-0.1, -0.05) is 12.1 Å². The summed E-state index contributed by atoms with van der Waals surface area (Å²) in [5.74, 6) is -0.184. The molecule has 2 aromatic rings. The molecule has 0 saturated heterocycles. The molecule has 0 aliphatic heterocycles. The van der Waals surface area contributed by atoms with E-state index in [1.807, 2.05) is 0 Å². The first-order valence-corrected chi connectivity index (χ1v) is 5.10. The van der Waals surface area contributed by atoms with Crippen LogP contribution < -0.4 is 5.32 Å². The van der Waals surface area contributed by atoms with Gasteiger partial charge in [-0.3, -0.25) is 14.3 Å². The smallest absolute Gasteiger partial charge is 0.246 e. The van der Waals surface area contributed by atoms with Crippen molar-refractivity contribution in [2.45, 2.75) is 6.54 Å². The van der Waals surface area contributed by atoms with Gasteiger partial charge in [-0.05, 0) is 18.2 Å². The van der Waals surface area contributed by atoms with Crippen molar-refractivity contribution in [3.8, 4) is 0 Å². The van der Waals surface area contributed by atoms with Crippen molar-refractivity contribution in [1.29, 1.82) is 0 Å². The van der Waals surface area contributed by atoms with Gasteiger partial charge in [-0.25, -0.2) is 0 Å². The molecule has 0 bridgehead atoms. The number of nitrogens with one attached hydrogen (secondary N) is 1. The van der Waals surface area contributed by atoms with Crippen LogP contribution in [0.15, 0.2) is 42.7 Å². The normalized spacial score (nSPS) is 9.88. The number of hydrogen-bond donors (Lipinski definition) is 1. The van der Waals surface area contributed by atoms with Crippen LogP contribution in [-0.4, -0.2) is 22.0 Å². The summed E-state index contributed by atoms with van der Waals surface area (Å²) >= 11 is 0. The maximum absolute atomic E-state index is 11.6. The van der Waals surface area contributed by atoms with E-state index < -0.39 is 0 Å². The van der Waals surface area contributed by atoms with Crippen molar-refractivity contribution in [2.75, 3.05) is 5.32 Å². The van der Waals surface area contributed by atoms with Gasteiger partial charge < -0.3 is 5.32 Å². The Labute approximate surface area is 98.1 Å². The number of aromatic nitrogens is 2. The second kappa shape index (κ2) is 5.07. The Morgan fingerprint density at radius 2 is 2.29 bits per heavy atom. The molecular weight excluding hydrogens is 218 g/mol. The Balaban J connectivity index is 2.00. The van der Waals surface area contributed by atoms with Crippen LogP contribution in [0.4, 0.5) is 5.69 Å². The first-order chi connectivity index (χ1) is 8.28. The lowest BCUT2D eigenvalue weighted by atomic mass is 10.2. The molecule has 0 spiro atoms. The molecule has 1 aromatic heterocycles. The highest BCUT2D eigenvalue weighted by atomic mass is 16.2. The largest absolute Gasteiger partial charge is 0.324 e. The van der Waals surface area contributed by atoms with Crippen LogP contribution in [0.3, 0.4) is 0 Å². The fourth-order valence-electron chi connectivity index (χ4n) is 1.43. The van der Waals surface area contributed by atoms with Crippen LogP contribution in [0.25, 0.3) is 0 Å². The standard InChI is InChI=1S/C12H11N3O2/c16-9-10-3-1-4-11(7-10)14-12(17)8-15-6-2-5-13-15/h1-7,9H,8H2,(H,14,17). The number of anilines is 1. The maximum Gasteiger partial charge on any atom is 0.246 e. The summed E-state index contributed by atoms with van der Waals surface area (Å²) in [5, 5.41) is 6.63. The van der Waals surface area contributed by atoms with Gasteiger partial charge in [-0.15, -0.1) is 0 Å². The molecule has 0 aliphatic carbocycles. The van der Waals surface area contributed by atoms with Crippen LogP contribution in [-0.2, 0) is 11.3 Å². The summed E-state index contributed by atoms with van der Waals surface area (Å²) in [6.07, 6.45) is 4.06. The Hall–Kier alpha value is -2.43. The van der Waals surface area contributed by atoms with Gasteiger partial charge >= 0.3 is 0 Å². The summed E-state index contributed by atoms with van der Waals surface area (Å²) < 4.78 is 1.53. The first kappa shape index (κ1) is 11.1. The maximum atomic E-state index is 11.6. The van der Waals surface area contributed by atoms with Crippen LogP contribution in [0.2, 0.25) is 0 Å². The highest BCUT2D eigenvalue weighted by molar-refractivity contribution is 5.91. The lowest BCUT2D eigenvalue weighted by molar-refractivity contribution is -0.116. The molecule has 0 unspecified atom stereocenters. The molecule has 5 heteroatoms. The zero-order valence-corrected chi connectivity index (χ0v) is 9.04. The van der Waals surface area contributed by atoms with Gasteiger partial charge in [0.05, 0.1) is 0 Å². The summed E-state index contributed by atoms with van der Waals surface area (Å²) in [5.41, 5.74) is 1.13. The molecule has 17 heavy (non-hydrogen) atoms. The summed E-state index contributed by atoms with van der Waals surface area (Å²) in [6.45, 7) is 0.151. The fraction of sp³-hybridized carbons (Fsp3) is 0.0833. The zero-order chi connectivity index (χ0) is 12.1. The summed E-state index contributed by atoms with van der Waals surface area (Å²) in [6, 6.07) is 8.49. The fourth-order valence-corrected chi connectivity index (χ4v) is 1.43. The van der Waals surface area contributed by atoms with E-state index >= 15 is 0 Å². The van der Waals surface area contributed by atoms with Crippen molar-refractivity contribution < 1.29 is 9.59 Å². The topological polar surface area (TPSA) is 64.0 Å². The zero-order valence-electron chi connectivity index (χ0n) is 9.04. The van der Waals surface area contributed by atoms with Crippen molar-refractivity contribution in [2.24, 2.45) is 0 Å². The number of carbonyl (C=O) groups is 2. The number of amides is 1. The molecule has 0 atom stereocenters. The van der Waals surface area contributed by atoms with Crippen molar-refractivity contribution in [3.05, 3.63) is 48.3 Å². The van der Waals surface area contributed by atoms with E-state index in [0.29, 0.717) is 11.3 Å². The molecule has 86 valence electrons. The summed E-state index contributed by atoms with van der Waals surface area (Å²) in [4.78, 5) is 22.2. The third-order valence-corrected chi connectivity index (χ3v) is 2.17. The van der Waals surface area contributed by atoms with Crippen molar-refractivity contribution >= 4 is 17.9 Å². The number of nitrogens with zero attached hydrogens (tertiary/aromatic N) is 2. The average molecular weight is 229 g/mol. The Morgan fingerprint density at radius 1 is 1.41 bits per heavy atom. The molecule has 0 radical (unpaired) electrons. The lowest BCUT2D eigenvalue weighted by Gasteiger charge is -2.05. The molecule has 0 aliphatic rings. The molecule has 2 rings (SSSR count). The van der Waals surface area contributed by atoms with Crippen LogP contribution in [0, 0.1) is 0 Å². The van der Waals surface area contributed by atoms with Crippen LogP contribution >= 0.6 is 0 Å². The number of aldehydes is 1. The van der Waals surface area contributed by atoms with Gasteiger partial charge in [0.25, 0.3) is 0 Å². The molecule has 5 nitrogen and oxygen atoms in total. The van der Waals surface area contributed by atoms with E-state index in [9.17, 15) is 9.59 Å². The van der Waals surface area contributed by atoms with Gasteiger partial charge in [0.2, 0.25) is 5.91 Å². The highest BCUT2D eigenvalue weighted by Crippen LogP contribution is 2.08. The quantitative estimate of drug-likeness (QED) is 0.804.